The van der Waals surface area contributed by atoms with Gasteiger partial charge in [-0.1, -0.05) is 61.5 Å². The summed E-state index contributed by atoms with van der Waals surface area (Å²) in [6.07, 6.45) is 9.09. The van der Waals surface area contributed by atoms with Gasteiger partial charge in [-0.15, -0.1) is 0 Å². The average molecular weight is 538 g/mol. The van der Waals surface area contributed by atoms with E-state index in [1.54, 1.807) is 41.6 Å². The van der Waals surface area contributed by atoms with Crippen molar-refractivity contribution in [2.45, 2.75) is 43.7 Å². The molecule has 4 aromatic rings. The minimum atomic E-state index is -3.70. The smallest absolute Gasteiger partial charge is 0.251 e. The minimum Gasteiger partial charge on any atom is -0.304 e. The second kappa shape index (κ2) is 11.8. The molecule has 1 aliphatic carbocycles. The number of aromatic nitrogens is 1. The minimum absolute atomic E-state index is 0.172. The zero-order valence-electron chi connectivity index (χ0n) is 21.8. The van der Waals surface area contributed by atoms with Crippen molar-refractivity contribution >= 4 is 27.7 Å². The number of pyridine rings is 1. The Morgan fingerprint density at radius 2 is 1.79 bits per heavy atom. The van der Waals surface area contributed by atoms with E-state index in [1.807, 2.05) is 79.7 Å². The Labute approximate surface area is 230 Å². The van der Waals surface area contributed by atoms with E-state index in [0.29, 0.717) is 18.7 Å². The van der Waals surface area contributed by atoms with Crippen LogP contribution in [0.4, 0.5) is 5.69 Å². The van der Waals surface area contributed by atoms with Crippen LogP contribution in [0.3, 0.4) is 0 Å². The molecular weight excluding hydrogens is 506 g/mol. The Hall–Kier alpha value is -4.07. The number of hydrogen-bond acceptors (Lipinski definition) is 4. The molecule has 0 radical (unpaired) electrons. The van der Waals surface area contributed by atoms with Crippen LogP contribution in [0.5, 0.6) is 0 Å². The molecule has 0 spiro atoms. The fourth-order valence-corrected chi connectivity index (χ4v) is 6.08. The van der Waals surface area contributed by atoms with Gasteiger partial charge in [0.15, 0.2) is 0 Å². The van der Waals surface area contributed by atoms with Gasteiger partial charge in [0.25, 0.3) is 5.91 Å². The van der Waals surface area contributed by atoms with Crippen LogP contribution in [0, 0.1) is 0 Å². The molecule has 0 aliphatic heterocycles. The predicted octanol–water partition coefficient (Wildman–Crippen LogP) is 5.86. The molecule has 1 atom stereocenters. The predicted molar refractivity (Wildman–Crippen MR) is 155 cm³/mol. The van der Waals surface area contributed by atoms with Gasteiger partial charge < -0.3 is 4.90 Å². The van der Waals surface area contributed by atoms with E-state index in [0.717, 1.165) is 40.7 Å². The van der Waals surface area contributed by atoms with Gasteiger partial charge in [-0.3, -0.25) is 9.78 Å². The summed E-state index contributed by atoms with van der Waals surface area (Å²) in [4.78, 5) is 19.6. The first-order valence-electron chi connectivity index (χ1n) is 13.1. The SMILES string of the molecule is CCc1ccc(S(=O)(=O)NC2CCc3ccc(N(Cc4cccnc4)C(=O)/C=C/c4ccccc4)cc32)cc1. The number of nitrogens with one attached hydrogen (secondary N) is 1. The molecule has 1 unspecified atom stereocenters. The number of carbonyl (C=O) groups is 1. The molecule has 7 heteroatoms. The number of amides is 1. The first kappa shape index (κ1) is 26.5. The summed E-state index contributed by atoms with van der Waals surface area (Å²) in [6.45, 7) is 2.37. The number of carbonyl (C=O) groups excluding carboxylic acids is 1. The molecule has 0 saturated heterocycles. The van der Waals surface area contributed by atoms with Crippen molar-refractivity contribution in [3.63, 3.8) is 0 Å². The lowest BCUT2D eigenvalue weighted by Gasteiger charge is -2.23. The maximum atomic E-state index is 13.5. The van der Waals surface area contributed by atoms with Crippen molar-refractivity contribution in [2.24, 2.45) is 0 Å². The van der Waals surface area contributed by atoms with Crippen molar-refractivity contribution < 1.29 is 13.2 Å². The summed E-state index contributed by atoms with van der Waals surface area (Å²) >= 11 is 0. The summed E-state index contributed by atoms with van der Waals surface area (Å²) in [7, 11) is -3.70. The first-order chi connectivity index (χ1) is 18.9. The first-order valence-corrected chi connectivity index (χ1v) is 14.6. The van der Waals surface area contributed by atoms with Crippen LogP contribution in [0.15, 0.2) is 108 Å². The van der Waals surface area contributed by atoms with Crippen molar-refractivity contribution in [1.29, 1.82) is 0 Å². The number of benzene rings is 3. The third-order valence-electron chi connectivity index (χ3n) is 7.01. The Morgan fingerprint density at radius 1 is 1.00 bits per heavy atom. The molecule has 0 saturated carbocycles. The van der Waals surface area contributed by atoms with Crippen LogP contribution in [0.25, 0.3) is 6.08 Å². The number of aryl methyl sites for hydroxylation is 2. The van der Waals surface area contributed by atoms with Gasteiger partial charge in [0.05, 0.1) is 11.4 Å². The Kier molecular flexibility index (Phi) is 8.00. The van der Waals surface area contributed by atoms with Crippen molar-refractivity contribution in [2.75, 3.05) is 4.90 Å². The maximum absolute atomic E-state index is 13.5. The van der Waals surface area contributed by atoms with Gasteiger partial charge in [0.1, 0.15) is 0 Å². The fraction of sp³-hybridized carbons (Fsp3) is 0.188. The number of fused-ring (bicyclic) bond motifs is 1. The van der Waals surface area contributed by atoms with Crippen LogP contribution < -0.4 is 9.62 Å². The van der Waals surface area contributed by atoms with Gasteiger partial charge in [-0.05, 0) is 83.5 Å². The number of hydrogen-bond donors (Lipinski definition) is 1. The highest BCUT2D eigenvalue weighted by molar-refractivity contribution is 7.89. The molecule has 0 fully saturated rings. The summed E-state index contributed by atoms with van der Waals surface area (Å²) < 4.78 is 29.3. The lowest BCUT2D eigenvalue weighted by molar-refractivity contribution is -0.114. The third-order valence-corrected chi connectivity index (χ3v) is 8.49. The Balaban J connectivity index is 1.43. The molecule has 1 amide bonds. The molecule has 5 rings (SSSR count). The number of nitrogens with zero attached hydrogens (tertiary/aromatic N) is 2. The van der Waals surface area contributed by atoms with E-state index in [9.17, 15) is 13.2 Å². The average Bonchev–Trinajstić information content (AvgIpc) is 3.37. The van der Waals surface area contributed by atoms with Crippen LogP contribution in [-0.2, 0) is 34.2 Å². The zero-order chi connectivity index (χ0) is 27.2. The van der Waals surface area contributed by atoms with Crippen LogP contribution in [0.1, 0.15) is 47.2 Å². The highest BCUT2D eigenvalue weighted by Gasteiger charge is 2.29. The quantitative estimate of drug-likeness (QED) is 0.272. The molecule has 1 aromatic heterocycles. The van der Waals surface area contributed by atoms with Gasteiger partial charge in [0, 0.05) is 30.2 Å². The molecule has 6 nitrogen and oxygen atoms in total. The largest absolute Gasteiger partial charge is 0.304 e. The van der Waals surface area contributed by atoms with Crippen LogP contribution in [-0.4, -0.2) is 19.3 Å². The van der Waals surface area contributed by atoms with E-state index >= 15 is 0 Å². The van der Waals surface area contributed by atoms with E-state index < -0.39 is 10.0 Å². The van der Waals surface area contributed by atoms with Gasteiger partial charge in [0.2, 0.25) is 10.0 Å². The number of anilines is 1. The normalized spacial score (nSPS) is 14.8. The lowest BCUT2D eigenvalue weighted by atomic mass is 10.1. The summed E-state index contributed by atoms with van der Waals surface area (Å²) in [6, 6.07) is 26.0. The molecular formula is C32H31N3O3S. The lowest BCUT2D eigenvalue weighted by Crippen LogP contribution is -2.30. The molecule has 3 aromatic carbocycles. The summed E-state index contributed by atoms with van der Waals surface area (Å²) in [5.74, 6) is -0.172. The van der Waals surface area contributed by atoms with Gasteiger partial charge >= 0.3 is 0 Å². The number of rotatable bonds is 9. The highest BCUT2D eigenvalue weighted by atomic mass is 32.2. The molecule has 0 bridgehead atoms. The molecule has 39 heavy (non-hydrogen) atoms. The van der Waals surface area contributed by atoms with Crippen LogP contribution >= 0.6 is 0 Å². The van der Waals surface area contributed by atoms with Crippen molar-refractivity contribution in [1.82, 2.24) is 9.71 Å². The third kappa shape index (κ3) is 6.33. The van der Waals surface area contributed by atoms with Gasteiger partial charge in [-0.2, -0.15) is 0 Å². The zero-order valence-corrected chi connectivity index (χ0v) is 22.6. The van der Waals surface area contributed by atoms with E-state index in [4.69, 9.17) is 0 Å². The van der Waals surface area contributed by atoms with Crippen molar-refractivity contribution in [3.05, 3.63) is 131 Å². The van der Waals surface area contributed by atoms with Crippen LogP contribution in [0.2, 0.25) is 0 Å². The summed E-state index contributed by atoms with van der Waals surface area (Å²) in [5, 5.41) is 0. The molecule has 1 N–H and O–H groups in total. The summed E-state index contributed by atoms with van der Waals surface area (Å²) in [5.41, 5.74) is 5.61. The van der Waals surface area contributed by atoms with Gasteiger partial charge in [-0.25, -0.2) is 13.1 Å². The molecule has 1 aliphatic rings. The maximum Gasteiger partial charge on any atom is 0.251 e. The molecule has 198 valence electrons. The monoisotopic (exact) mass is 537 g/mol. The van der Waals surface area contributed by atoms with E-state index in [2.05, 4.69) is 9.71 Å². The molecule has 1 heterocycles. The highest BCUT2D eigenvalue weighted by Crippen LogP contribution is 2.35. The Morgan fingerprint density at radius 3 is 2.51 bits per heavy atom. The standard InChI is InChI=1S/C32H31N3O3S/c1-2-24-10-16-29(17-11-24)39(37,38)34-31-18-14-27-13-15-28(21-30(27)31)35(23-26-9-6-20-33-22-26)32(36)19-12-25-7-4-3-5-8-25/h3-13,15-17,19-22,31,34H,2,14,18,23H2,1H3/b19-12+. The van der Waals surface area contributed by atoms with Crippen molar-refractivity contribution in [3.8, 4) is 0 Å². The Bertz CT molecular complexity index is 1570. The van der Waals surface area contributed by atoms with E-state index in [-0.39, 0.29) is 16.8 Å². The van der Waals surface area contributed by atoms with E-state index in [1.165, 1.54) is 0 Å². The number of sulfonamides is 1. The topological polar surface area (TPSA) is 79.4 Å². The fourth-order valence-electron chi connectivity index (χ4n) is 4.83. The second-order valence-electron chi connectivity index (χ2n) is 9.62. The second-order valence-corrected chi connectivity index (χ2v) is 11.3.